The highest BCUT2D eigenvalue weighted by molar-refractivity contribution is 5.68. The highest BCUT2D eigenvalue weighted by Gasteiger charge is 2.06. The fraction of sp³-hybridized carbons (Fsp3) is 0.900. The molecule has 0 unspecified atom stereocenters. The Hall–Kier alpha value is -0.570. The van der Waals surface area contributed by atoms with Gasteiger partial charge in [0.1, 0.15) is 0 Å². The molecule has 0 aliphatic carbocycles. The summed E-state index contributed by atoms with van der Waals surface area (Å²) < 4.78 is 4.55. The topological polar surface area (TPSA) is 46.2 Å². The molecule has 3 heteroatoms. The van der Waals surface area contributed by atoms with E-state index >= 15 is 0 Å². The SMILES string of the molecule is CC(C)(C)C[O].CCOC(=O)CC. The summed E-state index contributed by atoms with van der Waals surface area (Å²) in [7, 11) is 0. The first kappa shape index (κ1) is 14.9. The van der Waals surface area contributed by atoms with Gasteiger partial charge in [-0.05, 0) is 12.3 Å². The molecule has 0 aromatic heterocycles. The van der Waals surface area contributed by atoms with E-state index in [2.05, 4.69) is 4.74 Å². The molecule has 0 saturated heterocycles. The number of rotatable bonds is 2. The predicted octanol–water partition coefficient (Wildman–Crippen LogP) is 2.42. The third-order valence-electron chi connectivity index (χ3n) is 1.03. The van der Waals surface area contributed by atoms with Crippen LogP contribution in [-0.2, 0) is 14.6 Å². The maximum atomic E-state index is 10.2. The van der Waals surface area contributed by atoms with Crippen LogP contribution in [0.25, 0.3) is 0 Å². The van der Waals surface area contributed by atoms with Gasteiger partial charge >= 0.3 is 5.97 Å². The van der Waals surface area contributed by atoms with Crippen LogP contribution in [0.1, 0.15) is 41.0 Å². The second-order valence-electron chi connectivity index (χ2n) is 3.86. The molecular weight excluding hydrogens is 168 g/mol. The molecule has 0 saturated carbocycles. The Labute approximate surface area is 81.1 Å². The van der Waals surface area contributed by atoms with E-state index in [9.17, 15) is 9.90 Å². The summed E-state index contributed by atoms with van der Waals surface area (Å²) in [5.74, 6) is -0.123. The van der Waals surface area contributed by atoms with Crippen molar-refractivity contribution in [3.63, 3.8) is 0 Å². The molecule has 79 valence electrons. The Morgan fingerprint density at radius 3 is 1.69 bits per heavy atom. The summed E-state index contributed by atoms with van der Waals surface area (Å²) in [6.45, 7) is 9.88. The zero-order chi connectivity index (χ0) is 10.9. The summed E-state index contributed by atoms with van der Waals surface area (Å²) in [5.41, 5.74) is -0.0139. The quantitative estimate of drug-likeness (QED) is 0.626. The summed E-state index contributed by atoms with van der Waals surface area (Å²) in [4.78, 5) is 10.2. The predicted molar refractivity (Wildman–Crippen MR) is 51.9 cm³/mol. The van der Waals surface area contributed by atoms with Gasteiger partial charge < -0.3 is 4.74 Å². The third-order valence-corrected chi connectivity index (χ3v) is 1.03. The molecule has 3 nitrogen and oxygen atoms in total. The average molecular weight is 189 g/mol. The fourth-order valence-corrected chi connectivity index (χ4v) is 0.263. The largest absolute Gasteiger partial charge is 0.466 e. The van der Waals surface area contributed by atoms with E-state index in [0.717, 1.165) is 0 Å². The summed E-state index contributed by atoms with van der Waals surface area (Å²) in [6.07, 6.45) is 0.480. The van der Waals surface area contributed by atoms with Crippen LogP contribution in [0.15, 0.2) is 0 Å². The zero-order valence-corrected chi connectivity index (χ0v) is 9.35. The minimum Gasteiger partial charge on any atom is -0.466 e. The molecule has 0 aromatic rings. The molecule has 0 rings (SSSR count). The second-order valence-corrected chi connectivity index (χ2v) is 3.86. The molecule has 0 atom stereocenters. The van der Waals surface area contributed by atoms with Gasteiger partial charge in [0, 0.05) is 6.42 Å². The van der Waals surface area contributed by atoms with Crippen molar-refractivity contribution in [2.24, 2.45) is 5.41 Å². The lowest BCUT2D eigenvalue weighted by Crippen LogP contribution is -2.08. The Balaban J connectivity index is 0. The lowest BCUT2D eigenvalue weighted by Gasteiger charge is -2.09. The monoisotopic (exact) mass is 189 g/mol. The minimum atomic E-state index is -0.123. The van der Waals surface area contributed by atoms with Crippen molar-refractivity contribution < 1.29 is 14.6 Å². The molecule has 0 N–H and O–H groups in total. The molecule has 0 aliphatic heterocycles. The normalized spacial score (nSPS) is 10.0. The first-order chi connectivity index (χ1) is 5.87. The smallest absolute Gasteiger partial charge is 0.305 e. The number of carbonyl (C=O) groups excluding carboxylic acids is 1. The molecule has 0 bridgehead atoms. The van der Waals surface area contributed by atoms with Crippen molar-refractivity contribution in [1.82, 2.24) is 0 Å². The van der Waals surface area contributed by atoms with Crippen LogP contribution in [-0.4, -0.2) is 19.2 Å². The van der Waals surface area contributed by atoms with Gasteiger partial charge in [-0.15, -0.1) is 0 Å². The van der Waals surface area contributed by atoms with Crippen LogP contribution in [0.4, 0.5) is 0 Å². The van der Waals surface area contributed by atoms with Gasteiger partial charge in [0.05, 0.1) is 13.2 Å². The molecule has 1 radical (unpaired) electrons. The Kier molecular flexibility index (Phi) is 9.24. The van der Waals surface area contributed by atoms with E-state index in [-0.39, 0.29) is 18.0 Å². The van der Waals surface area contributed by atoms with Crippen LogP contribution in [0.2, 0.25) is 0 Å². The van der Waals surface area contributed by atoms with Crippen molar-refractivity contribution in [3.05, 3.63) is 0 Å². The van der Waals surface area contributed by atoms with E-state index in [1.807, 2.05) is 20.8 Å². The molecule has 0 amide bonds. The van der Waals surface area contributed by atoms with Gasteiger partial charge in [0.2, 0.25) is 0 Å². The Morgan fingerprint density at radius 2 is 1.62 bits per heavy atom. The second kappa shape index (κ2) is 8.05. The van der Waals surface area contributed by atoms with Gasteiger partial charge in [-0.3, -0.25) is 4.79 Å². The first-order valence-electron chi connectivity index (χ1n) is 4.61. The van der Waals surface area contributed by atoms with E-state index < -0.39 is 0 Å². The van der Waals surface area contributed by atoms with Gasteiger partial charge in [0.25, 0.3) is 0 Å². The maximum Gasteiger partial charge on any atom is 0.305 e. The first-order valence-corrected chi connectivity index (χ1v) is 4.61. The maximum absolute atomic E-state index is 10.2. The van der Waals surface area contributed by atoms with Crippen LogP contribution in [0, 0.1) is 5.41 Å². The van der Waals surface area contributed by atoms with Crippen molar-refractivity contribution in [2.75, 3.05) is 13.2 Å². The molecule has 13 heavy (non-hydrogen) atoms. The molecule has 0 aromatic carbocycles. The van der Waals surface area contributed by atoms with Crippen molar-refractivity contribution in [2.45, 2.75) is 41.0 Å². The van der Waals surface area contributed by atoms with Crippen LogP contribution in [0.3, 0.4) is 0 Å². The lowest BCUT2D eigenvalue weighted by molar-refractivity contribution is -0.142. The summed E-state index contributed by atoms with van der Waals surface area (Å²) in [6, 6.07) is 0. The minimum absolute atomic E-state index is 0.0139. The number of carbonyl (C=O) groups is 1. The van der Waals surface area contributed by atoms with Crippen LogP contribution in [0.5, 0.6) is 0 Å². The Bertz CT molecular complexity index is 125. The molecule has 0 heterocycles. The van der Waals surface area contributed by atoms with E-state index in [1.54, 1.807) is 13.8 Å². The molecule has 0 aliphatic rings. The molecule has 0 spiro atoms. The summed E-state index contributed by atoms with van der Waals surface area (Å²) in [5, 5.41) is 9.95. The van der Waals surface area contributed by atoms with Gasteiger partial charge in [-0.2, -0.15) is 0 Å². The van der Waals surface area contributed by atoms with Crippen molar-refractivity contribution in [1.29, 1.82) is 0 Å². The van der Waals surface area contributed by atoms with Crippen LogP contribution < -0.4 is 0 Å². The third kappa shape index (κ3) is 18.4. The highest BCUT2D eigenvalue weighted by Crippen LogP contribution is 2.09. The average Bonchev–Trinajstić information content (AvgIpc) is 2.05. The zero-order valence-electron chi connectivity index (χ0n) is 9.35. The van der Waals surface area contributed by atoms with Crippen molar-refractivity contribution in [3.8, 4) is 0 Å². The number of hydrogen-bond donors (Lipinski definition) is 0. The number of hydrogen-bond acceptors (Lipinski definition) is 2. The lowest BCUT2D eigenvalue weighted by atomic mass is 9.99. The highest BCUT2D eigenvalue weighted by atomic mass is 16.5. The van der Waals surface area contributed by atoms with Gasteiger partial charge in [0.15, 0.2) is 0 Å². The molecular formula is C10H21O3. The fourth-order valence-electron chi connectivity index (χ4n) is 0.263. The summed E-state index contributed by atoms with van der Waals surface area (Å²) >= 11 is 0. The van der Waals surface area contributed by atoms with Crippen LogP contribution >= 0.6 is 0 Å². The van der Waals surface area contributed by atoms with Gasteiger partial charge in [-0.1, -0.05) is 27.7 Å². The Morgan fingerprint density at radius 1 is 1.23 bits per heavy atom. The van der Waals surface area contributed by atoms with E-state index in [0.29, 0.717) is 13.0 Å². The van der Waals surface area contributed by atoms with E-state index in [4.69, 9.17) is 0 Å². The number of ether oxygens (including phenoxy) is 1. The molecule has 0 fully saturated rings. The number of esters is 1. The van der Waals surface area contributed by atoms with Gasteiger partial charge in [-0.25, -0.2) is 5.11 Å². The van der Waals surface area contributed by atoms with E-state index in [1.165, 1.54) is 0 Å². The standard InChI is InChI=1S/C5H10O2.C5H11O/c1-3-5(6)7-4-2;1-5(2,3)4-6/h3-4H2,1-2H3;4H2,1-3H3. The van der Waals surface area contributed by atoms with Crippen molar-refractivity contribution >= 4 is 5.97 Å².